The van der Waals surface area contributed by atoms with Crippen molar-refractivity contribution in [3.63, 3.8) is 0 Å². The minimum absolute atomic E-state index is 0.150. The van der Waals surface area contributed by atoms with E-state index in [4.69, 9.17) is 9.15 Å². The van der Waals surface area contributed by atoms with Gasteiger partial charge in [-0.3, -0.25) is 9.59 Å². The van der Waals surface area contributed by atoms with E-state index in [0.717, 1.165) is 29.4 Å². The standard InChI is InChI=1S/C30H30N2O4/c33-29(12-6-9-23-7-2-1-3-8-23)31-17-19-32(20-18-31)30(34)28-16-15-27(36-28)22-35-26-14-13-24-10-4-5-11-25(24)21-26/h1-5,7-8,10-11,13-16,21H,6,9,12,17-20,22H2. The van der Waals surface area contributed by atoms with Crippen molar-refractivity contribution in [2.45, 2.75) is 25.9 Å². The van der Waals surface area contributed by atoms with E-state index >= 15 is 0 Å². The molecule has 0 spiro atoms. The Bertz CT molecular complexity index is 1320. The lowest BCUT2D eigenvalue weighted by molar-refractivity contribution is -0.132. The summed E-state index contributed by atoms with van der Waals surface area (Å²) < 4.78 is 11.7. The van der Waals surface area contributed by atoms with Crippen LogP contribution < -0.4 is 4.74 Å². The maximum absolute atomic E-state index is 12.9. The molecule has 0 aliphatic carbocycles. The maximum Gasteiger partial charge on any atom is 0.289 e. The number of ether oxygens (including phenoxy) is 1. The summed E-state index contributed by atoms with van der Waals surface area (Å²) in [6.45, 7) is 2.36. The highest BCUT2D eigenvalue weighted by molar-refractivity contribution is 5.91. The molecule has 0 saturated carbocycles. The third-order valence-corrected chi connectivity index (χ3v) is 6.59. The molecule has 3 aromatic carbocycles. The number of furan rings is 1. The summed E-state index contributed by atoms with van der Waals surface area (Å²) in [5.41, 5.74) is 1.25. The molecule has 1 aliphatic heterocycles. The number of carbonyl (C=O) groups excluding carboxylic acids is 2. The largest absolute Gasteiger partial charge is 0.486 e. The number of piperazine rings is 1. The van der Waals surface area contributed by atoms with Crippen molar-refractivity contribution < 1.29 is 18.7 Å². The first-order valence-electron chi connectivity index (χ1n) is 12.5. The van der Waals surface area contributed by atoms with Crippen LogP contribution in [-0.4, -0.2) is 47.8 Å². The van der Waals surface area contributed by atoms with Crippen LogP contribution in [0.25, 0.3) is 10.8 Å². The Kier molecular flexibility index (Phi) is 7.31. The zero-order valence-corrected chi connectivity index (χ0v) is 20.3. The van der Waals surface area contributed by atoms with Gasteiger partial charge in [-0.1, -0.05) is 60.7 Å². The van der Waals surface area contributed by atoms with Crippen LogP contribution in [0.15, 0.2) is 89.3 Å². The molecule has 0 N–H and O–H groups in total. The van der Waals surface area contributed by atoms with E-state index in [0.29, 0.717) is 44.1 Å². The van der Waals surface area contributed by atoms with Crippen molar-refractivity contribution in [3.8, 4) is 5.75 Å². The summed E-state index contributed by atoms with van der Waals surface area (Å²) in [4.78, 5) is 29.1. The first kappa shape index (κ1) is 23.7. The predicted molar refractivity (Wildman–Crippen MR) is 139 cm³/mol. The molecular formula is C30H30N2O4. The molecule has 2 heterocycles. The fourth-order valence-electron chi connectivity index (χ4n) is 4.54. The molecule has 0 bridgehead atoms. The van der Waals surface area contributed by atoms with Crippen LogP contribution in [0, 0.1) is 0 Å². The van der Waals surface area contributed by atoms with Gasteiger partial charge in [-0.2, -0.15) is 0 Å². The molecule has 6 nitrogen and oxygen atoms in total. The highest BCUT2D eigenvalue weighted by Crippen LogP contribution is 2.22. The first-order chi connectivity index (χ1) is 17.7. The number of fused-ring (bicyclic) bond motifs is 1. The third kappa shape index (κ3) is 5.77. The van der Waals surface area contributed by atoms with Gasteiger partial charge in [0.1, 0.15) is 18.1 Å². The Labute approximate surface area is 211 Å². The molecule has 36 heavy (non-hydrogen) atoms. The molecular weight excluding hydrogens is 452 g/mol. The molecule has 184 valence electrons. The van der Waals surface area contributed by atoms with Crippen molar-refractivity contribution >= 4 is 22.6 Å². The number of rotatable bonds is 8. The van der Waals surface area contributed by atoms with Crippen LogP contribution in [0.2, 0.25) is 0 Å². The summed E-state index contributed by atoms with van der Waals surface area (Å²) in [7, 11) is 0. The lowest BCUT2D eigenvalue weighted by Gasteiger charge is -2.34. The molecule has 4 aromatic rings. The van der Waals surface area contributed by atoms with Gasteiger partial charge in [0.2, 0.25) is 5.91 Å². The van der Waals surface area contributed by atoms with Gasteiger partial charge >= 0.3 is 0 Å². The molecule has 6 heteroatoms. The second kappa shape index (κ2) is 11.1. The van der Waals surface area contributed by atoms with E-state index in [-0.39, 0.29) is 18.4 Å². The van der Waals surface area contributed by atoms with Crippen molar-refractivity contribution in [1.82, 2.24) is 9.80 Å². The highest BCUT2D eigenvalue weighted by atomic mass is 16.5. The van der Waals surface area contributed by atoms with Crippen LogP contribution in [-0.2, 0) is 17.8 Å². The average Bonchev–Trinajstić information content (AvgIpc) is 3.41. The molecule has 1 fully saturated rings. The normalized spacial score (nSPS) is 13.7. The summed E-state index contributed by atoms with van der Waals surface area (Å²) in [6, 6.07) is 27.8. The number of nitrogens with zero attached hydrogens (tertiary/aromatic N) is 2. The Morgan fingerprint density at radius 1 is 0.778 bits per heavy atom. The van der Waals surface area contributed by atoms with Crippen molar-refractivity contribution in [1.29, 1.82) is 0 Å². The van der Waals surface area contributed by atoms with Gasteiger partial charge in [0.05, 0.1) is 0 Å². The van der Waals surface area contributed by atoms with Gasteiger partial charge in [0, 0.05) is 32.6 Å². The molecule has 1 aromatic heterocycles. The van der Waals surface area contributed by atoms with Crippen LogP contribution >= 0.6 is 0 Å². The third-order valence-electron chi connectivity index (χ3n) is 6.59. The van der Waals surface area contributed by atoms with Gasteiger partial charge in [-0.25, -0.2) is 0 Å². The minimum Gasteiger partial charge on any atom is -0.486 e. The summed E-state index contributed by atoms with van der Waals surface area (Å²) in [5, 5.41) is 2.27. The number of amides is 2. The number of hydrogen-bond donors (Lipinski definition) is 0. The monoisotopic (exact) mass is 482 g/mol. The SMILES string of the molecule is O=C(CCCc1ccccc1)N1CCN(C(=O)c2ccc(COc3ccc4ccccc4c3)o2)CC1. The Balaban J connectivity index is 1.07. The van der Waals surface area contributed by atoms with E-state index < -0.39 is 0 Å². The molecule has 0 radical (unpaired) electrons. The Morgan fingerprint density at radius 3 is 2.31 bits per heavy atom. The quantitative estimate of drug-likeness (QED) is 0.341. The predicted octanol–water partition coefficient (Wildman–Crippen LogP) is 5.32. The zero-order valence-electron chi connectivity index (χ0n) is 20.3. The first-order valence-corrected chi connectivity index (χ1v) is 12.5. The maximum atomic E-state index is 12.9. The molecule has 0 unspecified atom stereocenters. The lowest BCUT2D eigenvalue weighted by atomic mass is 10.1. The van der Waals surface area contributed by atoms with Crippen LogP contribution in [0.3, 0.4) is 0 Å². The van der Waals surface area contributed by atoms with Crippen LogP contribution in [0.4, 0.5) is 0 Å². The van der Waals surface area contributed by atoms with E-state index in [9.17, 15) is 9.59 Å². The van der Waals surface area contributed by atoms with Gasteiger partial charge in [-0.15, -0.1) is 0 Å². The highest BCUT2D eigenvalue weighted by Gasteiger charge is 2.26. The average molecular weight is 483 g/mol. The van der Waals surface area contributed by atoms with E-state index in [1.807, 2.05) is 59.5 Å². The number of aryl methyl sites for hydroxylation is 1. The Morgan fingerprint density at radius 2 is 1.50 bits per heavy atom. The fourth-order valence-corrected chi connectivity index (χ4v) is 4.54. The van der Waals surface area contributed by atoms with E-state index in [2.05, 4.69) is 18.2 Å². The Hall–Kier alpha value is -4.06. The smallest absolute Gasteiger partial charge is 0.289 e. The van der Waals surface area contributed by atoms with Crippen LogP contribution in [0.1, 0.15) is 34.7 Å². The van der Waals surface area contributed by atoms with Crippen molar-refractivity contribution in [3.05, 3.63) is 102 Å². The van der Waals surface area contributed by atoms with E-state index in [1.165, 1.54) is 5.56 Å². The molecule has 1 saturated heterocycles. The van der Waals surface area contributed by atoms with Gasteiger partial charge in [0.25, 0.3) is 5.91 Å². The summed E-state index contributed by atoms with van der Waals surface area (Å²) in [5.74, 6) is 1.66. The van der Waals surface area contributed by atoms with Gasteiger partial charge in [-0.05, 0) is 53.4 Å². The topological polar surface area (TPSA) is 63.0 Å². The number of carbonyl (C=O) groups is 2. The van der Waals surface area contributed by atoms with Gasteiger partial charge in [0.15, 0.2) is 5.76 Å². The molecule has 2 amide bonds. The van der Waals surface area contributed by atoms with Crippen molar-refractivity contribution in [2.75, 3.05) is 26.2 Å². The van der Waals surface area contributed by atoms with E-state index in [1.54, 1.807) is 17.0 Å². The second-order valence-corrected chi connectivity index (χ2v) is 9.08. The lowest BCUT2D eigenvalue weighted by Crippen LogP contribution is -2.50. The molecule has 5 rings (SSSR count). The number of benzene rings is 3. The van der Waals surface area contributed by atoms with Crippen molar-refractivity contribution in [2.24, 2.45) is 0 Å². The van der Waals surface area contributed by atoms with Crippen LogP contribution in [0.5, 0.6) is 5.75 Å². The minimum atomic E-state index is -0.150. The second-order valence-electron chi connectivity index (χ2n) is 9.08. The zero-order chi connectivity index (χ0) is 24.7. The fraction of sp³-hybridized carbons (Fsp3) is 0.267. The number of hydrogen-bond acceptors (Lipinski definition) is 4. The van der Waals surface area contributed by atoms with Gasteiger partial charge < -0.3 is 19.0 Å². The summed E-state index contributed by atoms with van der Waals surface area (Å²) >= 11 is 0. The molecule has 0 atom stereocenters. The molecule has 1 aliphatic rings. The summed E-state index contributed by atoms with van der Waals surface area (Å²) in [6.07, 6.45) is 2.26.